The van der Waals surface area contributed by atoms with Gasteiger partial charge in [-0.3, -0.25) is 9.88 Å². The van der Waals surface area contributed by atoms with Crippen LogP contribution in [0.15, 0.2) is 103 Å². The Balaban J connectivity index is 0.00000456. The minimum Gasteiger partial charge on any atom is -0.756 e. The van der Waals surface area contributed by atoms with Crippen molar-refractivity contribution in [3.05, 3.63) is 120 Å². The van der Waals surface area contributed by atoms with Crippen molar-refractivity contribution < 1.29 is 57.6 Å². The molecular formula is C27H29NNaO6P. The second kappa shape index (κ2) is 14.6. The molecule has 0 aliphatic rings. The van der Waals surface area contributed by atoms with Gasteiger partial charge in [0, 0.05) is 12.1 Å². The third kappa shape index (κ3) is 8.23. The number of phosphoric acid groups is 1. The third-order valence-corrected chi connectivity index (χ3v) is 6.27. The van der Waals surface area contributed by atoms with Crippen LogP contribution < -0.4 is 39.8 Å². The summed E-state index contributed by atoms with van der Waals surface area (Å²) in [7, 11) is -4.58. The maximum atomic E-state index is 12.1. The summed E-state index contributed by atoms with van der Waals surface area (Å²) in [6.07, 6.45) is 0. The van der Waals surface area contributed by atoms with Crippen molar-refractivity contribution in [2.45, 2.75) is 12.5 Å². The summed E-state index contributed by atoms with van der Waals surface area (Å²) < 4.78 is 26.8. The van der Waals surface area contributed by atoms with Crippen LogP contribution in [0.4, 0.5) is 0 Å². The minimum absolute atomic E-state index is 0. The van der Waals surface area contributed by atoms with Gasteiger partial charge in [-0.2, -0.15) is 0 Å². The fourth-order valence-corrected chi connectivity index (χ4v) is 4.40. The van der Waals surface area contributed by atoms with E-state index < -0.39 is 19.3 Å². The Morgan fingerprint density at radius 1 is 0.833 bits per heavy atom. The normalized spacial score (nSPS) is 12.7. The van der Waals surface area contributed by atoms with Crippen molar-refractivity contribution in [1.82, 2.24) is 5.32 Å². The van der Waals surface area contributed by atoms with Crippen LogP contribution in [-0.4, -0.2) is 32.3 Å². The molecule has 7 nitrogen and oxygen atoms in total. The molecule has 0 saturated heterocycles. The molecule has 3 aromatic carbocycles. The maximum absolute atomic E-state index is 12.1. The molecule has 0 amide bonds. The second-order valence-corrected chi connectivity index (χ2v) is 9.22. The quantitative estimate of drug-likeness (QED) is 0.0909. The van der Waals surface area contributed by atoms with E-state index in [2.05, 4.69) is 11.9 Å². The van der Waals surface area contributed by atoms with Crippen LogP contribution >= 0.6 is 7.82 Å². The van der Waals surface area contributed by atoms with Crippen molar-refractivity contribution in [2.75, 3.05) is 26.4 Å². The van der Waals surface area contributed by atoms with Crippen LogP contribution in [0.5, 0.6) is 0 Å². The van der Waals surface area contributed by atoms with Crippen LogP contribution in [-0.2, 0) is 28.7 Å². The fourth-order valence-electron chi connectivity index (χ4n) is 3.71. The number of nitrogens with one attached hydrogen (secondary N) is 1. The maximum Gasteiger partial charge on any atom is 1.00 e. The molecule has 36 heavy (non-hydrogen) atoms. The predicted molar refractivity (Wildman–Crippen MR) is 132 cm³/mol. The first-order valence-electron chi connectivity index (χ1n) is 11.2. The summed E-state index contributed by atoms with van der Waals surface area (Å²) in [5, 5.41) is 3.53. The molecule has 0 aliphatic heterocycles. The molecule has 1 unspecified atom stereocenters. The van der Waals surface area contributed by atoms with Gasteiger partial charge in [-0.25, -0.2) is 4.79 Å². The molecule has 0 heterocycles. The molecule has 0 radical (unpaired) electrons. The zero-order chi connectivity index (χ0) is 25.2. The van der Waals surface area contributed by atoms with Crippen molar-refractivity contribution in [3.8, 4) is 0 Å². The zero-order valence-corrected chi connectivity index (χ0v) is 23.5. The number of carbonyl (C=O) groups is 1. The number of benzene rings is 3. The zero-order valence-electron chi connectivity index (χ0n) is 20.6. The van der Waals surface area contributed by atoms with Crippen molar-refractivity contribution in [2.24, 2.45) is 0 Å². The number of hydrogen-bond acceptors (Lipinski definition) is 7. The van der Waals surface area contributed by atoms with Gasteiger partial charge in [-0.1, -0.05) is 97.6 Å². The standard InChI is InChI=1S/C27H30NO6P.Na/c1-22(2)26(29)32-20-21-34-35(30,31)33-19-18-28-27(23-12-6-3-7-13-23,24-14-8-4-9-15-24)25-16-10-5-11-17-25;/h3-17,28H,1,18-21H2,2H3,(H,30,31);/q;+1/p-1. The van der Waals surface area contributed by atoms with E-state index in [0.29, 0.717) is 0 Å². The number of esters is 1. The molecule has 0 fully saturated rings. The Morgan fingerprint density at radius 2 is 1.25 bits per heavy atom. The van der Waals surface area contributed by atoms with Crippen molar-refractivity contribution in [3.63, 3.8) is 0 Å². The Labute approximate surface area is 234 Å². The number of rotatable bonds is 13. The summed E-state index contributed by atoms with van der Waals surface area (Å²) in [4.78, 5) is 23.5. The van der Waals surface area contributed by atoms with Gasteiger partial charge in [0.25, 0.3) is 7.82 Å². The Kier molecular flexibility index (Phi) is 12.3. The third-order valence-electron chi connectivity index (χ3n) is 5.28. The molecule has 0 saturated carbocycles. The molecule has 1 atom stereocenters. The molecule has 3 aromatic rings. The SMILES string of the molecule is C=C(C)C(=O)OCCOP(=O)([O-])OCCNC(c1ccccc1)(c1ccccc1)c1ccccc1.[Na+]. The van der Waals surface area contributed by atoms with E-state index in [4.69, 9.17) is 13.8 Å². The number of ether oxygens (including phenoxy) is 1. The van der Waals surface area contributed by atoms with Gasteiger partial charge in [0.2, 0.25) is 0 Å². The van der Waals surface area contributed by atoms with E-state index >= 15 is 0 Å². The van der Waals surface area contributed by atoms with Crippen LogP contribution in [0.2, 0.25) is 0 Å². The van der Waals surface area contributed by atoms with Crippen LogP contribution in [0.25, 0.3) is 0 Å². The monoisotopic (exact) mass is 517 g/mol. The van der Waals surface area contributed by atoms with E-state index in [1.165, 1.54) is 6.92 Å². The number of carbonyl (C=O) groups excluding carboxylic acids is 1. The van der Waals surface area contributed by atoms with Gasteiger partial charge in [-0.15, -0.1) is 0 Å². The van der Waals surface area contributed by atoms with E-state index in [9.17, 15) is 14.3 Å². The second-order valence-electron chi connectivity index (χ2n) is 7.80. The molecular weight excluding hydrogens is 488 g/mol. The van der Waals surface area contributed by atoms with E-state index in [-0.39, 0.29) is 61.5 Å². The molecule has 1 N–H and O–H groups in total. The number of hydrogen-bond donors (Lipinski definition) is 1. The molecule has 184 valence electrons. The first kappa shape index (κ1) is 30.2. The van der Waals surface area contributed by atoms with E-state index in [1.54, 1.807) is 0 Å². The van der Waals surface area contributed by atoms with Crippen molar-refractivity contribution in [1.29, 1.82) is 0 Å². The van der Waals surface area contributed by atoms with E-state index in [0.717, 1.165) is 16.7 Å². The summed E-state index contributed by atoms with van der Waals surface area (Å²) in [6, 6.07) is 29.8. The molecule has 0 bridgehead atoms. The van der Waals surface area contributed by atoms with Crippen LogP contribution in [0.1, 0.15) is 23.6 Å². The van der Waals surface area contributed by atoms with Crippen molar-refractivity contribution >= 4 is 13.8 Å². The Bertz CT molecular complexity index is 1050. The summed E-state index contributed by atoms with van der Waals surface area (Å²) in [5.41, 5.74) is 2.48. The van der Waals surface area contributed by atoms with Gasteiger partial charge in [0.05, 0.1) is 18.8 Å². The van der Waals surface area contributed by atoms with Gasteiger partial charge >= 0.3 is 35.5 Å². The Hall–Kier alpha value is -2.06. The van der Waals surface area contributed by atoms with E-state index in [1.807, 2.05) is 91.0 Å². The smallest absolute Gasteiger partial charge is 0.756 e. The average Bonchev–Trinajstić information content (AvgIpc) is 2.88. The topological polar surface area (TPSA) is 96.9 Å². The predicted octanol–water partition coefficient (Wildman–Crippen LogP) is 1.19. The van der Waals surface area contributed by atoms with Gasteiger partial charge in [0.15, 0.2) is 0 Å². The molecule has 3 rings (SSSR count). The first-order chi connectivity index (χ1) is 16.8. The first-order valence-corrected chi connectivity index (χ1v) is 12.7. The number of phosphoric ester groups is 1. The van der Waals surface area contributed by atoms with Gasteiger partial charge in [-0.05, 0) is 23.6 Å². The summed E-state index contributed by atoms with van der Waals surface area (Å²) >= 11 is 0. The molecule has 0 aliphatic carbocycles. The minimum atomic E-state index is -4.58. The summed E-state index contributed by atoms with van der Waals surface area (Å²) in [6.45, 7) is 4.45. The largest absolute Gasteiger partial charge is 1.00 e. The fraction of sp³-hybridized carbons (Fsp3) is 0.222. The molecule has 0 spiro atoms. The van der Waals surface area contributed by atoms with Gasteiger partial charge in [0.1, 0.15) is 6.61 Å². The van der Waals surface area contributed by atoms with Gasteiger partial charge < -0.3 is 18.7 Å². The van der Waals surface area contributed by atoms with Crippen LogP contribution in [0.3, 0.4) is 0 Å². The average molecular weight is 517 g/mol. The van der Waals surface area contributed by atoms with Crippen LogP contribution in [0, 0.1) is 0 Å². The summed E-state index contributed by atoms with van der Waals surface area (Å²) in [5.74, 6) is -0.612. The molecule has 0 aromatic heterocycles. The Morgan fingerprint density at radius 3 is 1.67 bits per heavy atom. The molecule has 9 heteroatoms.